The van der Waals surface area contributed by atoms with E-state index in [0.717, 1.165) is 15.7 Å². The van der Waals surface area contributed by atoms with Crippen molar-refractivity contribution in [3.63, 3.8) is 0 Å². The van der Waals surface area contributed by atoms with Gasteiger partial charge in [0.15, 0.2) is 0 Å². The maximum Gasteiger partial charge on any atom is 0.505 e. The van der Waals surface area contributed by atoms with Gasteiger partial charge >= 0.3 is 11.7 Å². The third kappa shape index (κ3) is 1.31. The minimum Gasteiger partial charge on any atom is -0.0616 e. The standard InChI is InChI=1S/C14H9OS/c15-16-14-7-3-6-12-11-5-2-1-4-10(11)8-9-13(12)14/h1-9H/q+1. The van der Waals surface area contributed by atoms with Crippen LogP contribution < -0.4 is 0 Å². The molecule has 0 bridgehead atoms. The van der Waals surface area contributed by atoms with E-state index in [1.807, 2.05) is 30.3 Å². The largest absolute Gasteiger partial charge is 0.505 e. The second kappa shape index (κ2) is 3.65. The second-order valence-electron chi connectivity index (χ2n) is 3.72. The van der Waals surface area contributed by atoms with E-state index in [1.165, 1.54) is 10.8 Å². The minimum absolute atomic E-state index is 0.557. The van der Waals surface area contributed by atoms with Gasteiger partial charge in [-0.05, 0) is 22.2 Å². The smallest absolute Gasteiger partial charge is 0.0616 e. The molecular formula is C14H9OS+. The van der Waals surface area contributed by atoms with Gasteiger partial charge in [0.25, 0.3) is 4.90 Å². The molecule has 0 amide bonds. The van der Waals surface area contributed by atoms with Crippen LogP contribution in [0.2, 0.25) is 0 Å². The van der Waals surface area contributed by atoms with Gasteiger partial charge in [-0.3, -0.25) is 0 Å². The number of fused-ring (bicyclic) bond motifs is 3. The first-order chi connectivity index (χ1) is 7.90. The monoisotopic (exact) mass is 225 g/mol. The molecule has 0 aliphatic heterocycles. The van der Waals surface area contributed by atoms with Crippen molar-refractivity contribution in [2.45, 2.75) is 4.90 Å². The summed E-state index contributed by atoms with van der Waals surface area (Å²) in [6.07, 6.45) is 0. The predicted molar refractivity (Wildman–Crippen MR) is 67.8 cm³/mol. The van der Waals surface area contributed by atoms with Crippen LogP contribution in [0.1, 0.15) is 0 Å². The molecule has 0 unspecified atom stereocenters. The van der Waals surface area contributed by atoms with Crippen LogP contribution in [0, 0.1) is 0 Å². The molecule has 0 N–H and O–H groups in total. The Bertz CT molecular complexity index is 688. The minimum atomic E-state index is 0.557. The fraction of sp³-hybridized carbons (Fsp3) is 0. The van der Waals surface area contributed by atoms with Crippen LogP contribution >= 0.6 is 0 Å². The molecule has 76 valence electrons. The molecule has 3 aromatic carbocycles. The Morgan fingerprint density at radius 2 is 1.50 bits per heavy atom. The molecule has 16 heavy (non-hydrogen) atoms. The van der Waals surface area contributed by atoms with Crippen molar-refractivity contribution < 1.29 is 4.21 Å². The lowest BCUT2D eigenvalue weighted by Gasteiger charge is -2.01. The van der Waals surface area contributed by atoms with Crippen molar-refractivity contribution in [3.8, 4) is 0 Å². The van der Waals surface area contributed by atoms with Crippen LogP contribution in [0.5, 0.6) is 0 Å². The molecule has 0 saturated carbocycles. The molecule has 0 fully saturated rings. The summed E-state index contributed by atoms with van der Waals surface area (Å²) in [5, 5.41) is 4.61. The lowest BCUT2D eigenvalue weighted by molar-refractivity contribution is 0.605. The highest BCUT2D eigenvalue weighted by atomic mass is 32.1. The molecule has 1 nitrogen and oxygen atoms in total. The third-order valence-electron chi connectivity index (χ3n) is 2.84. The van der Waals surface area contributed by atoms with E-state index in [9.17, 15) is 4.21 Å². The van der Waals surface area contributed by atoms with Gasteiger partial charge in [-0.15, -0.1) is 0 Å². The van der Waals surface area contributed by atoms with E-state index < -0.39 is 0 Å². The maximum atomic E-state index is 11.0. The number of hydrogen-bond donors (Lipinski definition) is 0. The highest BCUT2D eigenvalue weighted by molar-refractivity contribution is 7.65. The van der Waals surface area contributed by atoms with Gasteiger partial charge in [0.05, 0.1) is 5.39 Å². The zero-order valence-corrected chi connectivity index (χ0v) is 9.33. The summed E-state index contributed by atoms with van der Waals surface area (Å²) in [5.74, 6) is 0. The van der Waals surface area contributed by atoms with Crippen LogP contribution in [0.25, 0.3) is 21.5 Å². The molecule has 3 rings (SSSR count). The number of benzene rings is 3. The normalized spacial score (nSPS) is 10.8. The van der Waals surface area contributed by atoms with Gasteiger partial charge in [0.1, 0.15) is 0 Å². The van der Waals surface area contributed by atoms with Crippen molar-refractivity contribution in [2.24, 2.45) is 0 Å². The Morgan fingerprint density at radius 1 is 0.688 bits per heavy atom. The topological polar surface area (TPSA) is 17.1 Å². The van der Waals surface area contributed by atoms with Crippen molar-refractivity contribution in [3.05, 3.63) is 54.6 Å². The molecule has 0 aromatic heterocycles. The highest BCUT2D eigenvalue weighted by Gasteiger charge is 2.12. The molecule has 3 aromatic rings. The van der Waals surface area contributed by atoms with Crippen molar-refractivity contribution in [1.82, 2.24) is 0 Å². The lowest BCUT2D eigenvalue weighted by atomic mass is 10.0. The zero-order valence-electron chi connectivity index (χ0n) is 8.51. The van der Waals surface area contributed by atoms with Crippen LogP contribution in [-0.2, 0) is 15.9 Å². The summed E-state index contributed by atoms with van der Waals surface area (Å²) in [4.78, 5) is 0.795. The third-order valence-corrected chi connectivity index (χ3v) is 3.37. The lowest BCUT2D eigenvalue weighted by Crippen LogP contribution is -1.81. The van der Waals surface area contributed by atoms with E-state index in [2.05, 4.69) is 24.3 Å². The summed E-state index contributed by atoms with van der Waals surface area (Å²) in [7, 11) is 0. The average molecular weight is 225 g/mol. The molecule has 0 saturated heterocycles. The van der Waals surface area contributed by atoms with Crippen LogP contribution in [0.15, 0.2) is 59.5 Å². The first kappa shape index (κ1) is 9.43. The molecule has 2 heteroatoms. The van der Waals surface area contributed by atoms with E-state index >= 15 is 0 Å². The Morgan fingerprint density at radius 3 is 2.38 bits per heavy atom. The first-order valence-corrected chi connectivity index (χ1v) is 5.84. The van der Waals surface area contributed by atoms with Gasteiger partial charge in [-0.25, -0.2) is 0 Å². The summed E-state index contributed by atoms with van der Waals surface area (Å²) in [6, 6.07) is 18.2. The molecule has 0 spiro atoms. The predicted octanol–water partition coefficient (Wildman–Crippen LogP) is 3.78. The fourth-order valence-corrected chi connectivity index (χ4v) is 2.49. The van der Waals surface area contributed by atoms with Gasteiger partial charge < -0.3 is 0 Å². The Hall–Kier alpha value is -1.80. The molecular weight excluding hydrogens is 216 g/mol. The Balaban J connectivity index is 2.57. The van der Waals surface area contributed by atoms with Gasteiger partial charge in [-0.2, -0.15) is 0 Å². The molecule has 0 atom stereocenters. The van der Waals surface area contributed by atoms with Gasteiger partial charge in [0.2, 0.25) is 0 Å². The fourth-order valence-electron chi connectivity index (χ4n) is 2.08. The van der Waals surface area contributed by atoms with E-state index in [4.69, 9.17) is 0 Å². The van der Waals surface area contributed by atoms with E-state index in [0.29, 0.717) is 11.7 Å². The quantitative estimate of drug-likeness (QED) is 0.455. The highest BCUT2D eigenvalue weighted by Crippen LogP contribution is 2.27. The molecule has 0 aliphatic carbocycles. The average Bonchev–Trinajstić information content (AvgIpc) is 2.37. The van der Waals surface area contributed by atoms with Gasteiger partial charge in [-0.1, -0.05) is 42.5 Å². The molecule has 0 heterocycles. The summed E-state index contributed by atoms with van der Waals surface area (Å²) >= 11 is 0.557. The van der Waals surface area contributed by atoms with Crippen molar-refractivity contribution in [1.29, 1.82) is 0 Å². The summed E-state index contributed by atoms with van der Waals surface area (Å²) in [6.45, 7) is 0. The Labute approximate surface area is 97.2 Å². The van der Waals surface area contributed by atoms with Crippen LogP contribution in [-0.4, -0.2) is 0 Å². The van der Waals surface area contributed by atoms with E-state index in [1.54, 1.807) is 0 Å². The maximum absolute atomic E-state index is 11.0. The van der Waals surface area contributed by atoms with Crippen LogP contribution in [0.3, 0.4) is 0 Å². The second-order valence-corrected chi connectivity index (χ2v) is 4.33. The molecule has 0 radical (unpaired) electrons. The Kier molecular flexibility index (Phi) is 2.15. The first-order valence-electron chi connectivity index (χ1n) is 5.10. The van der Waals surface area contributed by atoms with Crippen molar-refractivity contribution >= 4 is 33.2 Å². The van der Waals surface area contributed by atoms with Crippen molar-refractivity contribution in [2.75, 3.05) is 0 Å². The molecule has 0 aliphatic rings. The summed E-state index contributed by atoms with van der Waals surface area (Å²) < 4.78 is 11.0. The zero-order chi connectivity index (χ0) is 11.0. The van der Waals surface area contributed by atoms with Crippen LogP contribution in [0.4, 0.5) is 0 Å². The van der Waals surface area contributed by atoms with Gasteiger partial charge in [0, 0.05) is 10.3 Å². The van der Waals surface area contributed by atoms with E-state index in [-0.39, 0.29) is 0 Å². The number of hydrogen-bond acceptors (Lipinski definition) is 1. The number of rotatable bonds is 1. The summed E-state index contributed by atoms with van der Waals surface area (Å²) in [5.41, 5.74) is 0. The SMILES string of the molecule is O=[S+]c1cccc2c1ccc1ccccc12.